The molecular weight excluding hydrogens is 427 g/mol. The number of nitro groups is 1. The molecule has 1 unspecified atom stereocenters. The van der Waals surface area contributed by atoms with E-state index >= 15 is 0 Å². The standard InChI is InChI=1S/C24H41FN2O4Si/c1-24(2,3)32(4,5)31-19(15-25)16-30-23-14-18(11-13-22(23)27(28)29)21-12-10-17-8-6-7-9-20(17)26-21/h6-7,11,17,19-23,26H,8-10,12-16H2,1-5H3/t17-,19?,20-,21-,22-,23+/m0/s1. The quantitative estimate of drug-likeness (QED) is 0.230. The molecule has 1 aliphatic heterocycles. The zero-order chi connectivity index (χ0) is 23.5. The van der Waals surface area contributed by atoms with Crippen molar-refractivity contribution in [2.75, 3.05) is 13.3 Å². The summed E-state index contributed by atoms with van der Waals surface area (Å²) < 4.78 is 26.0. The van der Waals surface area contributed by atoms with E-state index in [1.807, 2.05) is 6.08 Å². The first kappa shape index (κ1) is 25.5. The van der Waals surface area contributed by atoms with Crippen LogP contribution in [0.15, 0.2) is 23.8 Å². The summed E-state index contributed by atoms with van der Waals surface area (Å²) in [6.07, 6.45) is 10.7. The molecule has 6 atom stereocenters. The summed E-state index contributed by atoms with van der Waals surface area (Å²) >= 11 is 0. The minimum Gasteiger partial charge on any atom is -0.409 e. The maximum Gasteiger partial charge on any atom is 0.242 e. The van der Waals surface area contributed by atoms with Gasteiger partial charge in [0.15, 0.2) is 8.32 Å². The molecule has 0 spiro atoms. The average Bonchev–Trinajstić information content (AvgIpc) is 2.75. The summed E-state index contributed by atoms with van der Waals surface area (Å²) in [5.74, 6) is 0.691. The number of piperidine rings is 1. The Bertz CT molecular complexity index is 721. The Morgan fingerprint density at radius 3 is 2.62 bits per heavy atom. The maximum absolute atomic E-state index is 13.8. The minimum absolute atomic E-state index is 0.0383. The van der Waals surface area contributed by atoms with Gasteiger partial charge in [-0.05, 0) is 49.7 Å². The van der Waals surface area contributed by atoms with Crippen LogP contribution in [-0.4, -0.2) is 56.9 Å². The van der Waals surface area contributed by atoms with Gasteiger partial charge in [-0.25, -0.2) is 4.39 Å². The number of hydrogen-bond donors (Lipinski definition) is 1. The van der Waals surface area contributed by atoms with Gasteiger partial charge in [0, 0.05) is 29.8 Å². The summed E-state index contributed by atoms with van der Waals surface area (Å²) in [6.45, 7) is 9.91. The molecule has 0 saturated carbocycles. The summed E-state index contributed by atoms with van der Waals surface area (Å²) in [5, 5.41) is 15.4. The molecule has 1 N–H and O–H groups in total. The molecule has 32 heavy (non-hydrogen) atoms. The number of fused-ring (bicyclic) bond motifs is 1. The van der Waals surface area contributed by atoms with Gasteiger partial charge >= 0.3 is 0 Å². The Labute approximate surface area is 193 Å². The van der Waals surface area contributed by atoms with Gasteiger partial charge < -0.3 is 14.5 Å². The molecule has 1 fully saturated rings. The molecule has 1 saturated heterocycles. The summed E-state index contributed by atoms with van der Waals surface area (Å²) in [4.78, 5) is 11.4. The molecule has 0 bridgehead atoms. The Morgan fingerprint density at radius 1 is 1.25 bits per heavy atom. The molecular formula is C24H41FN2O4Si. The third kappa shape index (κ3) is 6.07. The maximum atomic E-state index is 13.8. The predicted octanol–water partition coefficient (Wildman–Crippen LogP) is 5.18. The van der Waals surface area contributed by atoms with Crippen LogP contribution in [0.2, 0.25) is 18.1 Å². The van der Waals surface area contributed by atoms with Gasteiger partial charge in [-0.2, -0.15) is 0 Å². The fraction of sp³-hybridized carbons (Fsp3) is 0.833. The highest BCUT2D eigenvalue weighted by atomic mass is 28.4. The molecule has 3 aliphatic rings. The van der Waals surface area contributed by atoms with E-state index in [1.165, 1.54) is 12.0 Å². The molecule has 0 amide bonds. The summed E-state index contributed by atoms with van der Waals surface area (Å²) in [7, 11) is -2.15. The highest BCUT2D eigenvalue weighted by Gasteiger charge is 2.42. The SMILES string of the molecule is CC(C)(C)[Si](C)(C)OC(CF)CO[C@@H]1CC([C@@H]2CC[C@@H]3CC=CC[C@@H]3N2)=CC[C@@H]1[N+](=O)[O-]. The average molecular weight is 469 g/mol. The van der Waals surface area contributed by atoms with Crippen LogP contribution < -0.4 is 5.32 Å². The molecule has 0 aromatic rings. The van der Waals surface area contributed by atoms with Crippen molar-refractivity contribution >= 4 is 8.32 Å². The van der Waals surface area contributed by atoms with Crippen molar-refractivity contribution in [2.24, 2.45) is 5.92 Å². The zero-order valence-corrected chi connectivity index (χ0v) is 21.3. The van der Waals surface area contributed by atoms with Crippen molar-refractivity contribution in [1.82, 2.24) is 5.32 Å². The van der Waals surface area contributed by atoms with Gasteiger partial charge in [0.25, 0.3) is 0 Å². The van der Waals surface area contributed by atoms with Crippen LogP contribution in [0.5, 0.6) is 0 Å². The normalized spacial score (nSPS) is 32.2. The lowest BCUT2D eigenvalue weighted by atomic mass is 9.77. The number of halogens is 1. The van der Waals surface area contributed by atoms with Gasteiger partial charge in [-0.3, -0.25) is 10.1 Å². The van der Waals surface area contributed by atoms with Crippen LogP contribution in [0.1, 0.15) is 59.3 Å². The molecule has 0 radical (unpaired) electrons. The Morgan fingerprint density at radius 2 is 1.97 bits per heavy atom. The smallest absolute Gasteiger partial charge is 0.242 e. The van der Waals surface area contributed by atoms with Crippen molar-refractivity contribution in [3.05, 3.63) is 33.9 Å². The third-order valence-electron chi connectivity index (χ3n) is 7.95. The van der Waals surface area contributed by atoms with Crippen molar-refractivity contribution < 1.29 is 18.5 Å². The van der Waals surface area contributed by atoms with Crippen molar-refractivity contribution in [2.45, 2.75) is 108 Å². The monoisotopic (exact) mass is 468 g/mol. The van der Waals surface area contributed by atoms with Crippen LogP contribution in [0.4, 0.5) is 4.39 Å². The van der Waals surface area contributed by atoms with E-state index in [0.717, 1.165) is 19.3 Å². The number of allylic oxidation sites excluding steroid dienone is 1. The highest BCUT2D eigenvalue weighted by Crippen LogP contribution is 2.38. The number of hydrogen-bond acceptors (Lipinski definition) is 5. The second-order valence-electron chi connectivity index (χ2n) is 11.2. The van der Waals surface area contributed by atoms with Crippen LogP contribution in [0, 0.1) is 16.0 Å². The largest absolute Gasteiger partial charge is 0.409 e. The molecule has 0 aromatic heterocycles. The molecule has 8 heteroatoms. The van der Waals surface area contributed by atoms with Crippen molar-refractivity contribution in [3.63, 3.8) is 0 Å². The van der Waals surface area contributed by atoms with Gasteiger partial charge in [0.2, 0.25) is 6.04 Å². The van der Waals surface area contributed by atoms with Crippen LogP contribution in [0.3, 0.4) is 0 Å². The molecule has 1 heterocycles. The third-order valence-corrected chi connectivity index (χ3v) is 12.5. The lowest BCUT2D eigenvalue weighted by molar-refractivity contribution is -0.535. The van der Waals surface area contributed by atoms with Gasteiger partial charge in [0.1, 0.15) is 12.8 Å². The Kier molecular flexibility index (Phi) is 8.34. The van der Waals surface area contributed by atoms with Crippen LogP contribution >= 0.6 is 0 Å². The topological polar surface area (TPSA) is 73.6 Å². The fourth-order valence-corrected chi connectivity index (χ4v) is 6.21. The lowest BCUT2D eigenvalue weighted by Gasteiger charge is -2.41. The van der Waals surface area contributed by atoms with E-state index in [1.54, 1.807) is 0 Å². The number of rotatable bonds is 8. The van der Waals surface area contributed by atoms with Gasteiger partial charge in [0.05, 0.1) is 12.7 Å². The summed E-state index contributed by atoms with van der Waals surface area (Å²) in [5.41, 5.74) is 1.21. The van der Waals surface area contributed by atoms with E-state index < -0.39 is 33.2 Å². The number of nitrogens with one attached hydrogen (secondary N) is 1. The molecule has 2 aliphatic carbocycles. The van der Waals surface area contributed by atoms with Crippen molar-refractivity contribution in [3.8, 4) is 0 Å². The molecule has 0 aromatic carbocycles. The van der Waals surface area contributed by atoms with E-state index in [9.17, 15) is 14.5 Å². The van der Waals surface area contributed by atoms with Crippen molar-refractivity contribution in [1.29, 1.82) is 0 Å². The highest BCUT2D eigenvalue weighted by molar-refractivity contribution is 6.74. The van der Waals surface area contributed by atoms with E-state index in [4.69, 9.17) is 9.16 Å². The summed E-state index contributed by atoms with van der Waals surface area (Å²) in [6, 6.07) is -0.0518. The molecule has 6 nitrogen and oxygen atoms in total. The van der Waals surface area contributed by atoms with E-state index in [-0.39, 0.29) is 22.6 Å². The number of ether oxygens (including phenoxy) is 1. The second-order valence-corrected chi connectivity index (χ2v) is 16.0. The zero-order valence-electron chi connectivity index (χ0n) is 20.3. The number of alkyl halides is 1. The predicted molar refractivity (Wildman–Crippen MR) is 128 cm³/mol. The first-order valence-corrected chi connectivity index (χ1v) is 15.0. The Hall–Kier alpha value is -1.09. The molecule has 3 rings (SSSR count). The lowest BCUT2D eigenvalue weighted by Crippen LogP contribution is -2.51. The van der Waals surface area contributed by atoms with Gasteiger partial charge in [-0.1, -0.05) is 44.6 Å². The first-order chi connectivity index (χ1) is 15.0. The van der Waals surface area contributed by atoms with Crippen LogP contribution in [0.25, 0.3) is 0 Å². The number of nitrogens with zero attached hydrogens (tertiary/aromatic N) is 1. The van der Waals surface area contributed by atoms with Gasteiger partial charge in [-0.15, -0.1) is 0 Å². The second kappa shape index (κ2) is 10.4. The van der Waals surface area contributed by atoms with E-state index in [2.05, 4.69) is 51.3 Å². The van der Waals surface area contributed by atoms with E-state index in [0.29, 0.717) is 24.8 Å². The Balaban J connectivity index is 1.62. The minimum atomic E-state index is -2.15. The fourth-order valence-electron chi connectivity index (χ4n) is 4.89. The molecule has 182 valence electrons. The van der Waals surface area contributed by atoms with Crippen LogP contribution in [-0.2, 0) is 9.16 Å². The first-order valence-electron chi connectivity index (χ1n) is 12.1.